The number of nitrogens with one attached hydrogen (secondary N) is 1. The Bertz CT molecular complexity index is 1090. The van der Waals surface area contributed by atoms with Crippen molar-refractivity contribution in [1.82, 2.24) is 10.2 Å². The van der Waals surface area contributed by atoms with Crippen molar-refractivity contribution >= 4 is 11.5 Å². The van der Waals surface area contributed by atoms with E-state index in [9.17, 15) is 4.79 Å². The monoisotopic (exact) mass is 442 g/mol. The standard InChI is InChI=1S/C30H38N2O/c1-21-13-15-23(16-14-21)10-8-12-27-28(33)32(6)29(3,4)31-30(27,5)26-18-17-25(20-26)24-11-7-9-22(2)19-24/h7,9,11,13-17,19-20,27,31H,8,10,12,18H2,1-6H3/t27?,30-/m1/s1. The molecule has 2 aromatic carbocycles. The second-order valence-electron chi connectivity index (χ2n) is 10.6. The third-order valence-corrected chi connectivity index (χ3v) is 7.70. The van der Waals surface area contributed by atoms with Gasteiger partial charge in [0.05, 0.1) is 17.1 Å². The fourth-order valence-corrected chi connectivity index (χ4v) is 5.46. The van der Waals surface area contributed by atoms with Crippen LogP contribution in [0.5, 0.6) is 0 Å². The van der Waals surface area contributed by atoms with E-state index in [0.29, 0.717) is 0 Å². The molecule has 2 aliphatic rings. The molecule has 1 saturated heterocycles. The zero-order chi connectivity index (χ0) is 23.8. The maximum Gasteiger partial charge on any atom is 0.229 e. The molecule has 1 fully saturated rings. The summed E-state index contributed by atoms with van der Waals surface area (Å²) in [6, 6.07) is 17.4. The first-order valence-corrected chi connectivity index (χ1v) is 12.2. The zero-order valence-corrected chi connectivity index (χ0v) is 21.0. The smallest absolute Gasteiger partial charge is 0.229 e. The maximum absolute atomic E-state index is 13.6. The van der Waals surface area contributed by atoms with Crippen LogP contribution in [0, 0.1) is 19.8 Å². The highest BCUT2D eigenvalue weighted by atomic mass is 16.2. The summed E-state index contributed by atoms with van der Waals surface area (Å²) in [4.78, 5) is 15.5. The first-order chi connectivity index (χ1) is 15.6. The third-order valence-electron chi connectivity index (χ3n) is 7.70. The summed E-state index contributed by atoms with van der Waals surface area (Å²) in [5.41, 5.74) is 6.96. The summed E-state index contributed by atoms with van der Waals surface area (Å²) in [5.74, 6) is 0.160. The lowest BCUT2D eigenvalue weighted by molar-refractivity contribution is -0.151. The van der Waals surface area contributed by atoms with Gasteiger partial charge in [0.15, 0.2) is 0 Å². The summed E-state index contributed by atoms with van der Waals surface area (Å²) < 4.78 is 0. The Balaban J connectivity index is 1.58. The van der Waals surface area contributed by atoms with Gasteiger partial charge in [-0.3, -0.25) is 10.1 Å². The zero-order valence-electron chi connectivity index (χ0n) is 21.0. The van der Waals surface area contributed by atoms with E-state index in [1.807, 2.05) is 11.9 Å². The number of carbonyl (C=O) groups excluding carboxylic acids is 1. The van der Waals surface area contributed by atoms with Crippen molar-refractivity contribution in [2.24, 2.45) is 5.92 Å². The number of hydrogen-bond donors (Lipinski definition) is 1. The Labute approximate surface area is 199 Å². The molecule has 1 aliphatic carbocycles. The van der Waals surface area contributed by atoms with Gasteiger partial charge in [0.2, 0.25) is 5.91 Å². The average Bonchev–Trinajstić information content (AvgIpc) is 3.27. The van der Waals surface area contributed by atoms with Crippen molar-refractivity contribution in [2.75, 3.05) is 7.05 Å². The molecule has 174 valence electrons. The number of allylic oxidation sites excluding steroid dienone is 3. The van der Waals surface area contributed by atoms with Gasteiger partial charge in [-0.25, -0.2) is 0 Å². The minimum atomic E-state index is -0.397. The molecular weight excluding hydrogens is 404 g/mol. The van der Waals surface area contributed by atoms with E-state index in [2.05, 4.69) is 101 Å². The lowest BCUT2D eigenvalue weighted by Gasteiger charge is -2.54. The molecule has 0 saturated carbocycles. The van der Waals surface area contributed by atoms with Gasteiger partial charge in [-0.05, 0) is 82.6 Å². The molecule has 0 bridgehead atoms. The number of nitrogens with zero attached hydrogens (tertiary/aromatic N) is 1. The van der Waals surface area contributed by atoms with Crippen LogP contribution < -0.4 is 5.32 Å². The highest BCUT2D eigenvalue weighted by Gasteiger charge is 2.52. The fourth-order valence-electron chi connectivity index (χ4n) is 5.46. The van der Waals surface area contributed by atoms with Crippen LogP contribution in [0.1, 0.15) is 62.3 Å². The molecule has 0 aromatic heterocycles. The van der Waals surface area contributed by atoms with Crippen LogP contribution in [0.2, 0.25) is 0 Å². The molecule has 4 rings (SSSR count). The second kappa shape index (κ2) is 8.95. The number of benzene rings is 2. The first kappa shape index (κ1) is 23.5. The molecule has 1 N–H and O–H groups in total. The van der Waals surface area contributed by atoms with Crippen LogP contribution in [-0.2, 0) is 11.2 Å². The molecule has 3 heteroatoms. The van der Waals surface area contributed by atoms with Crippen LogP contribution >= 0.6 is 0 Å². The predicted octanol–water partition coefficient (Wildman–Crippen LogP) is 6.21. The van der Waals surface area contributed by atoms with E-state index in [1.165, 1.54) is 33.4 Å². The second-order valence-corrected chi connectivity index (χ2v) is 10.6. The van der Waals surface area contributed by atoms with E-state index in [-0.39, 0.29) is 17.4 Å². The SMILES string of the molecule is Cc1ccc(CCCC2C(=O)N(C)C(C)(C)N[C@]2(C)C2=CC(c3cccc(C)c3)=CC2)cc1. The third kappa shape index (κ3) is 4.70. The molecule has 33 heavy (non-hydrogen) atoms. The summed E-state index contributed by atoms with van der Waals surface area (Å²) in [6.07, 6.45) is 8.39. The van der Waals surface area contributed by atoms with Gasteiger partial charge >= 0.3 is 0 Å². The van der Waals surface area contributed by atoms with Crippen molar-refractivity contribution in [3.8, 4) is 0 Å². The van der Waals surface area contributed by atoms with E-state index >= 15 is 0 Å². The van der Waals surface area contributed by atoms with Gasteiger partial charge in [0.1, 0.15) is 0 Å². The van der Waals surface area contributed by atoms with Gasteiger partial charge in [-0.15, -0.1) is 0 Å². The van der Waals surface area contributed by atoms with Crippen molar-refractivity contribution in [3.05, 3.63) is 88.5 Å². The highest BCUT2D eigenvalue weighted by Crippen LogP contribution is 2.43. The minimum Gasteiger partial charge on any atom is -0.328 e. The molecule has 1 heterocycles. The highest BCUT2D eigenvalue weighted by molar-refractivity contribution is 5.84. The van der Waals surface area contributed by atoms with E-state index in [1.54, 1.807) is 0 Å². The average molecular weight is 443 g/mol. The van der Waals surface area contributed by atoms with Gasteiger partial charge < -0.3 is 4.90 Å². The van der Waals surface area contributed by atoms with Crippen LogP contribution in [0.3, 0.4) is 0 Å². The Hall–Kier alpha value is -2.65. The largest absolute Gasteiger partial charge is 0.328 e. The van der Waals surface area contributed by atoms with Crippen LogP contribution in [0.25, 0.3) is 5.57 Å². The van der Waals surface area contributed by atoms with Crippen LogP contribution in [0.4, 0.5) is 0 Å². The molecule has 0 spiro atoms. The number of amides is 1. The molecule has 1 amide bonds. The minimum absolute atomic E-state index is 0.0857. The van der Waals surface area contributed by atoms with Gasteiger partial charge in [-0.1, -0.05) is 71.8 Å². The van der Waals surface area contributed by atoms with Crippen LogP contribution in [-0.4, -0.2) is 29.1 Å². The Morgan fingerprint density at radius 3 is 2.45 bits per heavy atom. The normalized spacial score (nSPS) is 24.6. The predicted molar refractivity (Wildman–Crippen MR) is 138 cm³/mol. The molecule has 2 atom stereocenters. The van der Waals surface area contributed by atoms with Crippen molar-refractivity contribution < 1.29 is 4.79 Å². The number of rotatable bonds is 6. The number of aryl methyl sites for hydroxylation is 3. The number of hydrogen-bond acceptors (Lipinski definition) is 2. The van der Waals surface area contributed by atoms with Gasteiger partial charge in [0, 0.05) is 7.05 Å². The first-order valence-electron chi connectivity index (χ1n) is 12.2. The Kier molecular flexibility index (Phi) is 6.37. The van der Waals surface area contributed by atoms with Crippen molar-refractivity contribution in [2.45, 2.75) is 71.5 Å². The topological polar surface area (TPSA) is 32.3 Å². The van der Waals surface area contributed by atoms with Crippen LogP contribution in [0.15, 0.2) is 66.3 Å². The fraction of sp³-hybridized carbons (Fsp3) is 0.433. The quantitative estimate of drug-likeness (QED) is 0.577. The summed E-state index contributed by atoms with van der Waals surface area (Å²) in [6.45, 7) is 10.7. The summed E-state index contributed by atoms with van der Waals surface area (Å²) >= 11 is 0. The lowest BCUT2D eigenvalue weighted by atomic mass is 9.72. The summed E-state index contributed by atoms with van der Waals surface area (Å²) in [7, 11) is 1.93. The van der Waals surface area contributed by atoms with Gasteiger partial charge in [0.25, 0.3) is 0 Å². The molecular formula is C30H38N2O. The van der Waals surface area contributed by atoms with E-state index in [0.717, 1.165) is 25.7 Å². The lowest BCUT2D eigenvalue weighted by Crippen LogP contribution is -2.72. The Morgan fingerprint density at radius 2 is 1.76 bits per heavy atom. The van der Waals surface area contributed by atoms with Crippen molar-refractivity contribution in [3.63, 3.8) is 0 Å². The molecule has 0 radical (unpaired) electrons. The molecule has 1 unspecified atom stereocenters. The maximum atomic E-state index is 13.6. The van der Waals surface area contributed by atoms with Gasteiger partial charge in [-0.2, -0.15) is 0 Å². The van der Waals surface area contributed by atoms with E-state index < -0.39 is 5.66 Å². The molecule has 3 nitrogen and oxygen atoms in total. The van der Waals surface area contributed by atoms with Crippen molar-refractivity contribution in [1.29, 1.82) is 0 Å². The van der Waals surface area contributed by atoms with E-state index in [4.69, 9.17) is 0 Å². The molecule has 1 aliphatic heterocycles. The Morgan fingerprint density at radius 1 is 1.03 bits per heavy atom. The molecule has 2 aromatic rings. The summed E-state index contributed by atoms with van der Waals surface area (Å²) in [5, 5.41) is 3.88. The number of carbonyl (C=O) groups is 1.